The number of carbonyl (C=O) groups is 2. The topological polar surface area (TPSA) is 63.6 Å². The van der Waals surface area contributed by atoms with Crippen molar-refractivity contribution in [3.8, 4) is 5.75 Å². The summed E-state index contributed by atoms with van der Waals surface area (Å²) in [7, 11) is 0. The molecule has 1 aromatic carbocycles. The second-order valence-electron chi connectivity index (χ2n) is 5.23. The molecule has 0 atom stereocenters. The van der Waals surface area contributed by atoms with E-state index in [-0.39, 0.29) is 5.57 Å². The summed E-state index contributed by atoms with van der Waals surface area (Å²) >= 11 is 0. The number of esters is 1. The van der Waals surface area contributed by atoms with E-state index in [0.29, 0.717) is 12.2 Å². The van der Waals surface area contributed by atoms with Crippen LogP contribution >= 0.6 is 0 Å². The number of hydrogen-bond donors (Lipinski definition) is 1. The first-order chi connectivity index (χ1) is 10.6. The van der Waals surface area contributed by atoms with Crippen LogP contribution in [-0.2, 0) is 9.59 Å². The number of carboxylic acid groups (broad SMARTS) is 1. The minimum absolute atomic E-state index is 0.215. The molecule has 0 bridgehead atoms. The maximum absolute atomic E-state index is 12.1. The quantitative estimate of drug-likeness (QED) is 0.302. The van der Waals surface area contributed by atoms with Gasteiger partial charge in [-0.25, -0.2) is 9.59 Å². The van der Waals surface area contributed by atoms with Gasteiger partial charge in [0.25, 0.3) is 0 Å². The third-order valence-corrected chi connectivity index (χ3v) is 3.31. The van der Waals surface area contributed by atoms with Crippen molar-refractivity contribution in [3.05, 3.63) is 42.0 Å². The molecule has 0 heterocycles. The van der Waals surface area contributed by atoms with E-state index in [1.807, 2.05) is 6.07 Å². The molecular formula is C18H24O4. The molecule has 0 radical (unpaired) electrons. The highest BCUT2D eigenvalue weighted by molar-refractivity contribution is 5.96. The van der Waals surface area contributed by atoms with Crippen molar-refractivity contribution in [3.63, 3.8) is 0 Å². The molecule has 0 aromatic heterocycles. The highest BCUT2D eigenvalue weighted by Gasteiger charge is 2.13. The van der Waals surface area contributed by atoms with Crippen molar-refractivity contribution < 1.29 is 19.4 Å². The zero-order valence-corrected chi connectivity index (χ0v) is 13.1. The highest BCUT2D eigenvalue weighted by Crippen LogP contribution is 2.16. The second-order valence-corrected chi connectivity index (χ2v) is 5.23. The highest BCUT2D eigenvalue weighted by atomic mass is 16.5. The zero-order valence-electron chi connectivity index (χ0n) is 13.1. The number of carbonyl (C=O) groups excluding carboxylic acids is 1. The van der Waals surface area contributed by atoms with E-state index in [4.69, 9.17) is 9.84 Å². The number of ether oxygens (including phenoxy) is 1. The van der Waals surface area contributed by atoms with Crippen LogP contribution in [-0.4, -0.2) is 17.0 Å². The van der Waals surface area contributed by atoms with Crippen molar-refractivity contribution >= 4 is 11.9 Å². The Balaban J connectivity index is 2.50. The Morgan fingerprint density at radius 2 is 1.68 bits per heavy atom. The van der Waals surface area contributed by atoms with Gasteiger partial charge in [-0.3, -0.25) is 0 Å². The van der Waals surface area contributed by atoms with Gasteiger partial charge in [0.1, 0.15) is 5.75 Å². The van der Waals surface area contributed by atoms with Crippen molar-refractivity contribution in [1.29, 1.82) is 0 Å². The van der Waals surface area contributed by atoms with Crippen LogP contribution in [0.15, 0.2) is 42.0 Å². The molecule has 0 fully saturated rings. The van der Waals surface area contributed by atoms with Gasteiger partial charge >= 0.3 is 11.9 Å². The molecule has 0 aliphatic carbocycles. The Morgan fingerprint density at radius 3 is 2.32 bits per heavy atom. The van der Waals surface area contributed by atoms with Gasteiger partial charge in [-0.1, -0.05) is 57.2 Å². The van der Waals surface area contributed by atoms with E-state index < -0.39 is 11.9 Å². The Bertz CT molecular complexity index is 491. The molecule has 1 aromatic rings. The Labute approximate surface area is 131 Å². The fraction of sp³-hybridized carbons (Fsp3) is 0.444. The van der Waals surface area contributed by atoms with Crippen LogP contribution in [0.5, 0.6) is 5.75 Å². The summed E-state index contributed by atoms with van der Waals surface area (Å²) in [5, 5.41) is 8.89. The lowest BCUT2D eigenvalue weighted by Crippen LogP contribution is -2.13. The van der Waals surface area contributed by atoms with Crippen molar-refractivity contribution in [2.45, 2.75) is 51.9 Å². The molecule has 0 amide bonds. The van der Waals surface area contributed by atoms with Gasteiger partial charge < -0.3 is 9.84 Å². The molecule has 22 heavy (non-hydrogen) atoms. The molecule has 4 heteroatoms. The fourth-order valence-corrected chi connectivity index (χ4v) is 2.14. The normalized spacial score (nSPS) is 11.2. The lowest BCUT2D eigenvalue weighted by Gasteiger charge is -2.07. The Hall–Kier alpha value is -2.10. The van der Waals surface area contributed by atoms with Gasteiger partial charge in [-0.2, -0.15) is 0 Å². The number of para-hydroxylation sites is 1. The van der Waals surface area contributed by atoms with Gasteiger partial charge in [0.05, 0.1) is 0 Å². The lowest BCUT2D eigenvalue weighted by molar-refractivity contribution is -0.133. The molecule has 0 aliphatic rings. The fourth-order valence-electron chi connectivity index (χ4n) is 2.14. The third-order valence-electron chi connectivity index (χ3n) is 3.31. The number of carboxylic acids is 1. The maximum Gasteiger partial charge on any atom is 0.339 e. The van der Waals surface area contributed by atoms with Crippen molar-refractivity contribution in [2.24, 2.45) is 0 Å². The molecule has 1 rings (SSSR count). The molecule has 120 valence electrons. The van der Waals surface area contributed by atoms with Crippen LogP contribution < -0.4 is 4.74 Å². The van der Waals surface area contributed by atoms with Gasteiger partial charge in [0.2, 0.25) is 0 Å². The predicted octanol–water partition coefficient (Wildman–Crippen LogP) is 4.35. The molecule has 0 unspecified atom stereocenters. The van der Waals surface area contributed by atoms with Gasteiger partial charge in [-0.15, -0.1) is 0 Å². The van der Waals surface area contributed by atoms with Gasteiger partial charge in [-0.05, 0) is 25.0 Å². The molecule has 0 spiro atoms. The second kappa shape index (κ2) is 10.6. The summed E-state index contributed by atoms with van der Waals surface area (Å²) in [5.41, 5.74) is 0.215. The summed E-state index contributed by atoms with van der Waals surface area (Å²) in [6.45, 7) is 2.16. The van der Waals surface area contributed by atoms with Gasteiger partial charge in [0.15, 0.2) is 0 Å². The van der Waals surface area contributed by atoms with Crippen molar-refractivity contribution in [1.82, 2.24) is 0 Å². The minimum Gasteiger partial charge on any atom is -0.478 e. The summed E-state index contributed by atoms with van der Waals surface area (Å²) in [6.07, 6.45) is 7.88. The molecule has 0 aliphatic heterocycles. The SMILES string of the molecule is CCCCCCCC/C(=C/C(=O)O)C(=O)Oc1ccccc1. The van der Waals surface area contributed by atoms with Crippen LogP contribution in [0.4, 0.5) is 0 Å². The van der Waals surface area contributed by atoms with E-state index >= 15 is 0 Å². The number of benzene rings is 1. The standard InChI is InChI=1S/C18H24O4/c1-2-3-4-5-6-8-11-15(14-17(19)20)18(21)22-16-12-9-7-10-13-16/h7,9-10,12-14H,2-6,8,11H2,1H3,(H,19,20)/b15-14-. The Kier molecular flexibility index (Phi) is 8.65. The molecule has 0 saturated heterocycles. The smallest absolute Gasteiger partial charge is 0.339 e. The third kappa shape index (κ3) is 7.62. The van der Waals surface area contributed by atoms with E-state index in [9.17, 15) is 9.59 Å². The van der Waals surface area contributed by atoms with Crippen LogP contribution in [0.3, 0.4) is 0 Å². The summed E-state index contributed by atoms with van der Waals surface area (Å²) in [6, 6.07) is 8.68. The van der Waals surface area contributed by atoms with Crippen molar-refractivity contribution in [2.75, 3.05) is 0 Å². The van der Waals surface area contributed by atoms with Crippen LogP contribution in [0.25, 0.3) is 0 Å². The molecule has 0 saturated carbocycles. The van der Waals surface area contributed by atoms with E-state index in [1.165, 1.54) is 19.3 Å². The average molecular weight is 304 g/mol. The monoisotopic (exact) mass is 304 g/mol. The van der Waals surface area contributed by atoms with Crippen LogP contribution in [0, 0.1) is 0 Å². The summed E-state index contributed by atoms with van der Waals surface area (Å²) in [4.78, 5) is 22.9. The lowest BCUT2D eigenvalue weighted by atomic mass is 10.0. The molecular weight excluding hydrogens is 280 g/mol. The minimum atomic E-state index is -1.12. The van der Waals surface area contributed by atoms with E-state index in [2.05, 4.69) is 6.92 Å². The van der Waals surface area contributed by atoms with Gasteiger partial charge in [0, 0.05) is 11.6 Å². The first kappa shape index (κ1) is 18.0. The van der Waals surface area contributed by atoms with E-state index in [1.54, 1.807) is 24.3 Å². The number of unbranched alkanes of at least 4 members (excludes halogenated alkanes) is 5. The average Bonchev–Trinajstić information content (AvgIpc) is 2.50. The van der Waals surface area contributed by atoms with Crippen LogP contribution in [0.1, 0.15) is 51.9 Å². The van der Waals surface area contributed by atoms with E-state index in [0.717, 1.165) is 25.3 Å². The van der Waals surface area contributed by atoms with Crippen LogP contribution in [0.2, 0.25) is 0 Å². The molecule has 4 nitrogen and oxygen atoms in total. The first-order valence-corrected chi connectivity index (χ1v) is 7.84. The summed E-state index contributed by atoms with van der Waals surface area (Å²) in [5.74, 6) is -1.28. The number of aliphatic carboxylic acids is 1. The summed E-state index contributed by atoms with van der Waals surface area (Å²) < 4.78 is 5.20. The maximum atomic E-state index is 12.1. The Morgan fingerprint density at radius 1 is 1.05 bits per heavy atom. The largest absolute Gasteiger partial charge is 0.478 e. The zero-order chi connectivity index (χ0) is 16.2. The first-order valence-electron chi connectivity index (χ1n) is 7.84. The number of rotatable bonds is 10. The molecule has 1 N–H and O–H groups in total. The predicted molar refractivity (Wildman–Crippen MR) is 85.8 cm³/mol. The number of hydrogen-bond acceptors (Lipinski definition) is 3.